The van der Waals surface area contributed by atoms with E-state index in [1.807, 2.05) is 0 Å². The zero-order valence-corrected chi connectivity index (χ0v) is 24.1. The molecule has 8 atom stereocenters. The Balaban J connectivity index is 1.65. The van der Waals surface area contributed by atoms with E-state index in [1.54, 1.807) is 0 Å². The van der Waals surface area contributed by atoms with Gasteiger partial charge in [-0.1, -0.05) is 80.2 Å². The Morgan fingerprint density at radius 3 is 2.31 bits per heavy atom. The number of hydrogen-bond donors (Lipinski definition) is 0. The van der Waals surface area contributed by atoms with E-state index in [-0.39, 0.29) is 33.7 Å². The van der Waals surface area contributed by atoms with Crippen LogP contribution in [0.4, 0.5) is 0 Å². The van der Waals surface area contributed by atoms with E-state index in [1.165, 1.54) is 44.6 Å². The fourth-order valence-corrected chi connectivity index (χ4v) is 9.91. The first-order chi connectivity index (χ1) is 16.2. The molecule has 3 fully saturated rings. The highest BCUT2D eigenvalue weighted by Gasteiger charge is 2.68. The highest BCUT2D eigenvalue weighted by Crippen LogP contribution is 2.72. The van der Waals surface area contributed by atoms with E-state index in [0.29, 0.717) is 29.5 Å². The van der Waals surface area contributed by atoms with Crippen molar-refractivity contribution in [1.29, 1.82) is 0 Å². The first-order valence-electron chi connectivity index (χ1n) is 14.6. The van der Waals surface area contributed by atoms with Gasteiger partial charge in [0.05, 0.1) is 0 Å². The van der Waals surface area contributed by atoms with Gasteiger partial charge in [-0.25, -0.2) is 0 Å². The molecule has 3 heteroatoms. The lowest BCUT2D eigenvalue weighted by molar-refractivity contribution is -0.171. The number of carbonyl (C=O) groups excluding carboxylic acids is 2. The molecule has 3 nitrogen and oxygen atoms in total. The summed E-state index contributed by atoms with van der Waals surface area (Å²) in [6, 6.07) is 0. The third kappa shape index (κ3) is 3.97. The van der Waals surface area contributed by atoms with Crippen molar-refractivity contribution in [2.75, 3.05) is 0 Å². The second-order valence-electron chi connectivity index (χ2n) is 14.6. The summed E-state index contributed by atoms with van der Waals surface area (Å²) in [5, 5.41) is 0. The summed E-state index contributed by atoms with van der Waals surface area (Å²) in [5.74, 6) is 3.02. The summed E-state index contributed by atoms with van der Waals surface area (Å²) in [4.78, 5) is 26.0. The van der Waals surface area contributed by atoms with E-state index in [9.17, 15) is 9.59 Å². The Bertz CT molecular complexity index is 883. The number of esters is 1. The van der Waals surface area contributed by atoms with Crippen molar-refractivity contribution in [2.45, 2.75) is 126 Å². The zero-order valence-electron chi connectivity index (χ0n) is 24.1. The van der Waals surface area contributed by atoms with Crippen molar-refractivity contribution in [2.24, 2.45) is 51.2 Å². The predicted octanol–water partition coefficient (Wildman–Crippen LogP) is 8.16. The number of carbonyl (C=O) groups is 2. The van der Waals surface area contributed by atoms with E-state index in [4.69, 9.17) is 4.74 Å². The summed E-state index contributed by atoms with van der Waals surface area (Å²) in [6.07, 6.45) is 12.5. The Kier molecular flexibility index (Phi) is 6.94. The summed E-state index contributed by atoms with van der Waals surface area (Å²) >= 11 is 0. The Hall–Kier alpha value is -1.12. The average Bonchev–Trinajstić information content (AvgIpc) is 3.04. The largest absolute Gasteiger partial charge is 0.462 e. The molecule has 4 aliphatic carbocycles. The first kappa shape index (κ1) is 26.9. The van der Waals surface area contributed by atoms with Gasteiger partial charge in [0.1, 0.15) is 6.10 Å². The van der Waals surface area contributed by atoms with Crippen LogP contribution in [0.15, 0.2) is 11.6 Å². The van der Waals surface area contributed by atoms with Crippen LogP contribution in [0, 0.1) is 51.2 Å². The normalized spacial score (nSPS) is 43.1. The molecule has 0 amide bonds. The predicted molar refractivity (Wildman–Crippen MR) is 143 cm³/mol. The number of fused-ring (bicyclic) bond motifs is 5. The molecule has 0 bridgehead atoms. The summed E-state index contributed by atoms with van der Waals surface area (Å²) < 4.78 is 5.82. The second-order valence-corrected chi connectivity index (χ2v) is 14.6. The van der Waals surface area contributed by atoms with Crippen LogP contribution < -0.4 is 0 Å². The van der Waals surface area contributed by atoms with Gasteiger partial charge >= 0.3 is 5.97 Å². The molecule has 0 aromatic carbocycles. The average molecular weight is 485 g/mol. The van der Waals surface area contributed by atoms with Crippen LogP contribution in [0.1, 0.15) is 120 Å². The lowest BCUT2D eigenvalue weighted by atomic mass is 9.41. The monoisotopic (exact) mass is 484 g/mol. The molecule has 0 saturated heterocycles. The first-order valence-corrected chi connectivity index (χ1v) is 14.6. The van der Waals surface area contributed by atoms with Crippen LogP contribution in [0.5, 0.6) is 0 Å². The third-order valence-electron chi connectivity index (χ3n) is 12.1. The van der Waals surface area contributed by atoms with Crippen molar-refractivity contribution >= 4 is 11.8 Å². The minimum Gasteiger partial charge on any atom is -0.462 e. The number of ether oxygens (including phenoxy) is 1. The molecule has 0 spiro atoms. The molecular formula is C32H52O3. The van der Waals surface area contributed by atoms with Crippen LogP contribution in [0.3, 0.4) is 0 Å². The number of hydrogen-bond acceptors (Lipinski definition) is 3. The molecule has 4 rings (SSSR count). The Morgan fingerprint density at radius 1 is 1.00 bits per heavy atom. The van der Waals surface area contributed by atoms with Crippen molar-refractivity contribution < 1.29 is 14.3 Å². The third-order valence-corrected chi connectivity index (χ3v) is 12.1. The molecule has 0 aromatic rings. The lowest BCUT2D eigenvalue weighted by Gasteiger charge is -2.63. The smallest absolute Gasteiger partial charge is 0.302 e. The van der Waals surface area contributed by atoms with E-state index < -0.39 is 0 Å². The summed E-state index contributed by atoms with van der Waals surface area (Å²) in [5.41, 5.74) is 1.19. The van der Waals surface area contributed by atoms with Gasteiger partial charge in [0.15, 0.2) is 5.78 Å². The minimum atomic E-state index is -0.244. The van der Waals surface area contributed by atoms with Gasteiger partial charge < -0.3 is 4.74 Å². The molecule has 0 unspecified atom stereocenters. The summed E-state index contributed by atoms with van der Waals surface area (Å²) in [6.45, 7) is 20.4. The fourth-order valence-electron chi connectivity index (χ4n) is 9.91. The van der Waals surface area contributed by atoms with Crippen LogP contribution in [0.25, 0.3) is 0 Å². The van der Waals surface area contributed by atoms with Crippen LogP contribution in [-0.4, -0.2) is 17.9 Å². The minimum absolute atomic E-state index is 0.0179. The van der Waals surface area contributed by atoms with E-state index >= 15 is 0 Å². The molecule has 198 valence electrons. The van der Waals surface area contributed by atoms with Gasteiger partial charge in [0, 0.05) is 17.8 Å². The maximum absolute atomic E-state index is 14.2. The van der Waals surface area contributed by atoms with Crippen molar-refractivity contribution in [3.8, 4) is 0 Å². The van der Waals surface area contributed by atoms with Crippen LogP contribution in [0.2, 0.25) is 0 Å². The highest BCUT2D eigenvalue weighted by atomic mass is 16.5. The number of allylic oxidation sites excluding steroid dienone is 2. The van der Waals surface area contributed by atoms with E-state index in [2.05, 4.69) is 61.5 Å². The SMILES string of the molecule is CC(=O)O[C@H]1CC[C@]2(C)C3=CC(=O)[C@]4(C)[C@@H]([C@H](C)CCCC(C)C)CC[C@@]4(C)[C@@H]3CC[C@H]2C1(C)C. The van der Waals surface area contributed by atoms with Crippen molar-refractivity contribution in [3.05, 3.63) is 11.6 Å². The zero-order chi connectivity index (χ0) is 26.0. The molecule has 35 heavy (non-hydrogen) atoms. The molecule has 3 saturated carbocycles. The molecule has 0 N–H and O–H groups in total. The van der Waals surface area contributed by atoms with Crippen LogP contribution >= 0.6 is 0 Å². The Labute approximate surface area is 215 Å². The van der Waals surface area contributed by atoms with Crippen LogP contribution in [-0.2, 0) is 14.3 Å². The standard InChI is InChI=1S/C32H52O3/c1-20(2)11-10-12-21(3)23-15-18-31(8)24-13-14-26-29(5,6)28(35-22(4)33)16-17-30(26,7)25(24)19-27(34)32(23,31)9/h19-21,23-24,26,28H,10-18H2,1-9H3/t21-,23-,24-,26+,28+,30-,31+,32+/m1/s1. The number of ketones is 1. The van der Waals surface area contributed by atoms with Gasteiger partial charge in [0.2, 0.25) is 0 Å². The maximum Gasteiger partial charge on any atom is 0.302 e. The van der Waals surface area contributed by atoms with Gasteiger partial charge in [-0.15, -0.1) is 0 Å². The maximum atomic E-state index is 14.2. The molecule has 0 aliphatic heterocycles. The molecule has 0 radical (unpaired) electrons. The van der Waals surface area contributed by atoms with Gasteiger partial charge in [-0.3, -0.25) is 9.59 Å². The fraction of sp³-hybridized carbons (Fsp3) is 0.875. The quantitative estimate of drug-likeness (QED) is 0.357. The van der Waals surface area contributed by atoms with Crippen molar-refractivity contribution in [1.82, 2.24) is 0 Å². The molecular weight excluding hydrogens is 432 g/mol. The topological polar surface area (TPSA) is 43.4 Å². The van der Waals surface area contributed by atoms with Crippen molar-refractivity contribution in [3.63, 3.8) is 0 Å². The van der Waals surface area contributed by atoms with Gasteiger partial charge in [-0.2, -0.15) is 0 Å². The molecule has 4 aliphatic rings. The molecule has 0 heterocycles. The molecule has 0 aromatic heterocycles. The van der Waals surface area contributed by atoms with Gasteiger partial charge in [0.25, 0.3) is 0 Å². The number of rotatable bonds is 6. The second kappa shape index (κ2) is 9.02. The highest BCUT2D eigenvalue weighted by molar-refractivity contribution is 5.98. The lowest BCUT2D eigenvalue weighted by Crippen LogP contribution is -2.60. The Morgan fingerprint density at radius 2 is 1.69 bits per heavy atom. The van der Waals surface area contributed by atoms with E-state index in [0.717, 1.165) is 31.6 Å². The summed E-state index contributed by atoms with van der Waals surface area (Å²) in [7, 11) is 0. The van der Waals surface area contributed by atoms with Gasteiger partial charge in [-0.05, 0) is 85.0 Å².